The van der Waals surface area contributed by atoms with E-state index in [-0.39, 0.29) is 12.2 Å². The molecule has 1 N–H and O–H groups in total. The molecule has 3 nitrogen and oxygen atoms in total. The van der Waals surface area contributed by atoms with Gasteiger partial charge in [-0.3, -0.25) is 5.32 Å². The number of anilines is 1. The summed E-state index contributed by atoms with van der Waals surface area (Å²) in [5.74, 6) is 3.14. The van der Waals surface area contributed by atoms with Crippen molar-refractivity contribution < 1.29 is 9.53 Å². The first kappa shape index (κ1) is 13.4. The minimum Gasteiger partial charge on any atom is -0.446 e. The molecule has 5 atom stereocenters. The SMILES string of the molecule is O=C(Nc1cccc(Cl)c1)O[C@@H]1C[C@H]2C[C@H]1[C@@H]1CCC[C@H]21. The molecule has 3 saturated carbocycles. The van der Waals surface area contributed by atoms with Gasteiger partial charge in [0.25, 0.3) is 0 Å². The first-order chi connectivity index (χ1) is 10.2. The molecule has 0 spiro atoms. The topological polar surface area (TPSA) is 38.3 Å². The van der Waals surface area contributed by atoms with Crippen molar-refractivity contribution in [3.63, 3.8) is 0 Å². The van der Waals surface area contributed by atoms with Crippen LogP contribution in [0.1, 0.15) is 32.1 Å². The first-order valence-electron chi connectivity index (χ1n) is 7.94. The van der Waals surface area contributed by atoms with Gasteiger partial charge in [0.15, 0.2) is 0 Å². The predicted molar refractivity (Wildman–Crippen MR) is 82.4 cm³/mol. The van der Waals surface area contributed by atoms with Gasteiger partial charge in [0.05, 0.1) is 0 Å². The van der Waals surface area contributed by atoms with Gasteiger partial charge < -0.3 is 4.74 Å². The van der Waals surface area contributed by atoms with Crippen molar-refractivity contribution in [2.24, 2.45) is 23.7 Å². The minimum atomic E-state index is -0.343. The number of benzene rings is 1. The van der Waals surface area contributed by atoms with E-state index >= 15 is 0 Å². The first-order valence-corrected chi connectivity index (χ1v) is 8.32. The number of hydrogen-bond acceptors (Lipinski definition) is 2. The van der Waals surface area contributed by atoms with Gasteiger partial charge >= 0.3 is 6.09 Å². The number of halogens is 1. The molecule has 0 saturated heterocycles. The molecule has 4 heteroatoms. The molecule has 0 unspecified atom stereocenters. The quantitative estimate of drug-likeness (QED) is 0.859. The lowest BCUT2D eigenvalue weighted by Gasteiger charge is -2.31. The Labute approximate surface area is 130 Å². The van der Waals surface area contributed by atoms with Gasteiger partial charge in [0.1, 0.15) is 6.10 Å². The molecule has 0 heterocycles. The molecule has 21 heavy (non-hydrogen) atoms. The Morgan fingerprint density at radius 1 is 1.19 bits per heavy atom. The zero-order chi connectivity index (χ0) is 14.4. The van der Waals surface area contributed by atoms with E-state index in [4.69, 9.17) is 16.3 Å². The number of carbonyl (C=O) groups excluding carboxylic acids is 1. The van der Waals surface area contributed by atoms with Crippen LogP contribution in [0.3, 0.4) is 0 Å². The maximum absolute atomic E-state index is 12.1. The molecule has 0 radical (unpaired) electrons. The van der Waals surface area contributed by atoms with E-state index in [0.29, 0.717) is 16.6 Å². The smallest absolute Gasteiger partial charge is 0.411 e. The number of rotatable bonds is 2. The number of fused-ring (bicyclic) bond motifs is 5. The Balaban J connectivity index is 1.37. The molecule has 4 rings (SSSR count). The lowest BCUT2D eigenvalue weighted by molar-refractivity contribution is 0.0431. The molecule has 1 aromatic rings. The van der Waals surface area contributed by atoms with Gasteiger partial charge in [-0.25, -0.2) is 4.79 Å². The van der Waals surface area contributed by atoms with Crippen LogP contribution in [0.2, 0.25) is 5.02 Å². The Morgan fingerprint density at radius 2 is 2.05 bits per heavy atom. The predicted octanol–water partition coefficient (Wildman–Crippen LogP) is 4.71. The van der Waals surface area contributed by atoms with Crippen molar-refractivity contribution in [3.05, 3.63) is 29.3 Å². The molecular formula is C17H20ClNO2. The van der Waals surface area contributed by atoms with Crippen molar-refractivity contribution in [3.8, 4) is 0 Å². The fourth-order valence-corrected chi connectivity index (χ4v) is 5.18. The van der Waals surface area contributed by atoms with E-state index in [2.05, 4.69) is 5.32 Å². The third-order valence-corrected chi connectivity index (χ3v) is 5.93. The van der Waals surface area contributed by atoms with Gasteiger partial charge in [0, 0.05) is 10.7 Å². The van der Waals surface area contributed by atoms with Crippen molar-refractivity contribution in [1.82, 2.24) is 0 Å². The third kappa shape index (κ3) is 2.42. The van der Waals surface area contributed by atoms with Gasteiger partial charge in [-0.2, -0.15) is 0 Å². The highest BCUT2D eigenvalue weighted by Gasteiger charge is 2.55. The molecule has 2 bridgehead atoms. The van der Waals surface area contributed by atoms with E-state index in [1.54, 1.807) is 12.1 Å². The van der Waals surface area contributed by atoms with Crippen LogP contribution in [0.5, 0.6) is 0 Å². The van der Waals surface area contributed by atoms with Crippen LogP contribution in [-0.2, 0) is 4.74 Å². The summed E-state index contributed by atoms with van der Waals surface area (Å²) in [6.45, 7) is 0. The molecule has 1 amide bonds. The van der Waals surface area contributed by atoms with E-state index in [1.165, 1.54) is 25.7 Å². The van der Waals surface area contributed by atoms with Gasteiger partial charge in [-0.15, -0.1) is 0 Å². The summed E-state index contributed by atoms with van der Waals surface area (Å²) < 4.78 is 5.70. The maximum atomic E-state index is 12.1. The van der Waals surface area contributed by atoms with Gasteiger partial charge in [0.2, 0.25) is 0 Å². The van der Waals surface area contributed by atoms with Crippen molar-refractivity contribution >= 4 is 23.4 Å². The molecule has 3 fully saturated rings. The molecule has 112 valence electrons. The summed E-state index contributed by atoms with van der Waals surface area (Å²) >= 11 is 5.92. The Morgan fingerprint density at radius 3 is 2.90 bits per heavy atom. The van der Waals surface area contributed by atoms with Crippen molar-refractivity contribution in [1.29, 1.82) is 0 Å². The van der Waals surface area contributed by atoms with Crippen molar-refractivity contribution in [2.45, 2.75) is 38.2 Å². The standard InChI is InChI=1S/C17H20ClNO2/c18-11-3-1-4-12(9-11)19-17(20)21-16-8-10-7-15(16)14-6-2-5-13(10)14/h1,3-4,9-10,13-16H,2,5-8H2,(H,19,20)/t10-,13-,14-,15+,16-/m1/s1. The normalized spacial score (nSPS) is 36.5. The Bertz CT molecular complexity index is 561. The van der Waals surface area contributed by atoms with Crippen LogP contribution in [-0.4, -0.2) is 12.2 Å². The lowest BCUT2D eigenvalue weighted by atomic mass is 9.80. The van der Waals surface area contributed by atoms with Gasteiger partial charge in [-0.1, -0.05) is 24.1 Å². The van der Waals surface area contributed by atoms with Crippen LogP contribution in [0.4, 0.5) is 10.5 Å². The fraction of sp³-hybridized carbons (Fsp3) is 0.588. The minimum absolute atomic E-state index is 0.119. The zero-order valence-corrected chi connectivity index (χ0v) is 12.7. The number of nitrogens with one attached hydrogen (secondary N) is 1. The third-order valence-electron chi connectivity index (χ3n) is 5.70. The molecule has 0 aromatic heterocycles. The Hall–Kier alpha value is -1.22. The summed E-state index contributed by atoms with van der Waals surface area (Å²) in [4.78, 5) is 12.1. The van der Waals surface area contributed by atoms with E-state index < -0.39 is 0 Å². The monoisotopic (exact) mass is 305 g/mol. The van der Waals surface area contributed by atoms with Gasteiger partial charge in [-0.05, 0) is 67.6 Å². The van der Waals surface area contributed by atoms with Crippen LogP contribution >= 0.6 is 11.6 Å². The highest BCUT2D eigenvalue weighted by molar-refractivity contribution is 6.30. The summed E-state index contributed by atoms with van der Waals surface area (Å²) in [5.41, 5.74) is 0.689. The highest BCUT2D eigenvalue weighted by Crippen LogP contribution is 2.59. The van der Waals surface area contributed by atoms with Crippen LogP contribution in [0, 0.1) is 23.7 Å². The summed E-state index contributed by atoms with van der Waals surface area (Å²) in [6.07, 6.45) is 6.20. The van der Waals surface area contributed by atoms with Crippen LogP contribution in [0.15, 0.2) is 24.3 Å². The molecule has 3 aliphatic rings. The number of amides is 1. The molecule has 3 aliphatic carbocycles. The average Bonchev–Trinajstić information content (AvgIpc) is 3.09. The van der Waals surface area contributed by atoms with Crippen molar-refractivity contribution in [2.75, 3.05) is 5.32 Å². The molecular weight excluding hydrogens is 286 g/mol. The number of carbonyl (C=O) groups is 1. The highest BCUT2D eigenvalue weighted by atomic mass is 35.5. The summed E-state index contributed by atoms with van der Waals surface area (Å²) in [6, 6.07) is 7.16. The van der Waals surface area contributed by atoms with Crippen LogP contribution < -0.4 is 5.32 Å². The maximum Gasteiger partial charge on any atom is 0.411 e. The summed E-state index contributed by atoms with van der Waals surface area (Å²) in [5, 5.41) is 3.40. The second kappa shape index (κ2) is 5.20. The average molecular weight is 306 g/mol. The zero-order valence-electron chi connectivity index (χ0n) is 11.9. The number of ether oxygens (including phenoxy) is 1. The van der Waals surface area contributed by atoms with E-state index in [1.807, 2.05) is 12.1 Å². The molecule has 1 aromatic carbocycles. The second-order valence-corrected chi connectivity index (χ2v) is 7.17. The largest absolute Gasteiger partial charge is 0.446 e. The van der Waals surface area contributed by atoms with Crippen LogP contribution in [0.25, 0.3) is 0 Å². The van der Waals surface area contributed by atoms with E-state index in [0.717, 1.165) is 24.2 Å². The van der Waals surface area contributed by atoms with E-state index in [9.17, 15) is 4.79 Å². The lowest BCUT2D eigenvalue weighted by Crippen LogP contribution is -2.33. The number of hydrogen-bond donors (Lipinski definition) is 1. The second-order valence-electron chi connectivity index (χ2n) is 6.73. The Kier molecular flexibility index (Phi) is 3.33. The molecule has 0 aliphatic heterocycles. The fourth-order valence-electron chi connectivity index (χ4n) is 4.99. The summed E-state index contributed by atoms with van der Waals surface area (Å²) in [7, 11) is 0.